The van der Waals surface area contributed by atoms with Crippen LogP contribution in [0.5, 0.6) is 0 Å². The van der Waals surface area contributed by atoms with Gasteiger partial charge in [0.2, 0.25) is 11.8 Å². The van der Waals surface area contributed by atoms with Crippen LogP contribution >= 0.6 is 0 Å². The highest BCUT2D eigenvalue weighted by molar-refractivity contribution is 6.02. The van der Waals surface area contributed by atoms with Crippen molar-refractivity contribution in [2.75, 3.05) is 20.8 Å². The van der Waals surface area contributed by atoms with Gasteiger partial charge < -0.3 is 24.7 Å². The summed E-state index contributed by atoms with van der Waals surface area (Å²) in [5, 5.41) is 2.98. The highest BCUT2D eigenvalue weighted by Crippen LogP contribution is 2.54. The van der Waals surface area contributed by atoms with Crippen molar-refractivity contribution in [3.8, 4) is 22.4 Å². The second-order valence-corrected chi connectivity index (χ2v) is 16.5. The lowest BCUT2D eigenvalue weighted by atomic mass is 9.75. The van der Waals surface area contributed by atoms with Crippen molar-refractivity contribution in [2.24, 2.45) is 34.6 Å². The molecule has 2 aromatic heterocycles. The number of aromatic amines is 1. The molecular weight excluding hydrogens is 774 g/mol. The molecule has 2 bridgehead atoms. The fraction of sp³-hybridized carbons (Fsp3) is 0.435. The molecule has 3 unspecified atom stereocenters. The second-order valence-electron chi connectivity index (χ2n) is 16.5. The maximum absolute atomic E-state index is 13.7. The zero-order valence-electron chi connectivity index (χ0n) is 33.9. The first-order valence-electron chi connectivity index (χ1n) is 20.6. The number of carbonyl (C=O) groups is 3. The molecule has 0 radical (unpaired) electrons. The number of carbonyl (C=O) groups excluding carboxylic acids is 3. The van der Waals surface area contributed by atoms with E-state index in [-0.39, 0.29) is 48.6 Å². The number of fused-ring (bicyclic) bond motifs is 2. The van der Waals surface area contributed by atoms with Crippen LogP contribution in [-0.4, -0.2) is 70.2 Å². The summed E-state index contributed by atoms with van der Waals surface area (Å²) in [6.07, 6.45) is 5.20. The van der Waals surface area contributed by atoms with Crippen molar-refractivity contribution in [1.29, 1.82) is 0 Å². The van der Waals surface area contributed by atoms with Crippen LogP contribution in [0.4, 0.5) is 13.2 Å². The fourth-order valence-corrected chi connectivity index (χ4v) is 9.76. The number of likely N-dealkylation sites (tertiary alicyclic amines) is 1. The molecule has 3 fully saturated rings. The summed E-state index contributed by atoms with van der Waals surface area (Å²) in [6.45, 7) is 2.49. The van der Waals surface area contributed by atoms with E-state index in [9.17, 15) is 27.6 Å². The van der Waals surface area contributed by atoms with E-state index in [1.807, 2.05) is 18.3 Å². The standard InChI is InChI=1S/C46H49F3N6O5/c1-26(59-2)35(21-40(56)60-3)45(58)55-18-4-5-38(55)43-52-25-37(54-43)31-13-11-29(12-14-31)28-7-9-30(10-8-28)34-20-36(50-24-34)41-32-15-16-33(19-32)42(41)44(57)53-23-27-6-17-39(51-22-27)46(47,48)49/h6-14,17,22,24-26,32-33,35,38,41-42H,4-5,15-16,18-21,23H2,1-3H3,(H,52,54)(H,53,57)/t26-,32?,33?,35+,38+,41?,42-/m1/s1. The first kappa shape index (κ1) is 41.1. The molecular formula is C46H49F3N6O5. The Morgan fingerprint density at radius 2 is 1.60 bits per heavy atom. The Kier molecular flexibility index (Phi) is 11.8. The molecule has 7 atom stereocenters. The maximum Gasteiger partial charge on any atom is 0.433 e. The van der Waals surface area contributed by atoms with E-state index >= 15 is 0 Å². The molecule has 4 aliphatic rings. The maximum atomic E-state index is 13.7. The van der Waals surface area contributed by atoms with E-state index in [0.717, 1.165) is 77.4 Å². The number of rotatable bonds is 13. The van der Waals surface area contributed by atoms with E-state index in [2.05, 4.69) is 56.7 Å². The van der Waals surface area contributed by atoms with Gasteiger partial charge in [0.1, 0.15) is 11.5 Å². The predicted octanol–water partition coefficient (Wildman–Crippen LogP) is 8.20. The SMILES string of the molecule is COC(=O)C[C@H](C(=O)N1CCC[C@H]1c1ncc(-c2ccc(-c3ccc(C4=CN=C(C5C6CCC(C6)[C@H]5C(=O)NCc5ccc(C(F)(F)F)nc5)C4)cc3)cc2)[nH]1)[C@@H](C)OC. The van der Waals surface area contributed by atoms with Gasteiger partial charge in [-0.2, -0.15) is 13.2 Å². The lowest BCUT2D eigenvalue weighted by molar-refractivity contribution is -0.151. The molecule has 4 aromatic rings. The molecule has 1 saturated heterocycles. The fourth-order valence-electron chi connectivity index (χ4n) is 9.76. The number of esters is 1. The third kappa shape index (κ3) is 8.39. The summed E-state index contributed by atoms with van der Waals surface area (Å²) in [4.78, 5) is 57.7. The summed E-state index contributed by atoms with van der Waals surface area (Å²) in [7, 11) is 2.85. The van der Waals surface area contributed by atoms with Crippen molar-refractivity contribution in [1.82, 2.24) is 25.2 Å². The molecule has 4 heterocycles. The topological polar surface area (TPSA) is 139 Å². The number of allylic oxidation sites excluding steroid dienone is 1. The number of benzene rings is 2. The number of nitrogens with zero attached hydrogens (tertiary/aromatic N) is 4. The lowest BCUT2D eigenvalue weighted by Crippen LogP contribution is -2.41. The van der Waals surface area contributed by atoms with Gasteiger partial charge in [-0.25, -0.2) is 4.98 Å². The van der Waals surface area contributed by atoms with Gasteiger partial charge in [0.15, 0.2) is 0 Å². The summed E-state index contributed by atoms with van der Waals surface area (Å²) < 4.78 is 49.2. The van der Waals surface area contributed by atoms with Gasteiger partial charge in [-0.1, -0.05) is 54.6 Å². The smallest absolute Gasteiger partial charge is 0.433 e. The number of aromatic nitrogens is 3. The summed E-state index contributed by atoms with van der Waals surface area (Å²) >= 11 is 0. The third-order valence-electron chi connectivity index (χ3n) is 13.0. The molecule has 11 nitrogen and oxygen atoms in total. The minimum absolute atomic E-state index is 0.0432. The Balaban J connectivity index is 0.877. The Bertz CT molecular complexity index is 2270. The van der Waals surface area contributed by atoms with Gasteiger partial charge >= 0.3 is 12.1 Å². The molecule has 2 aliphatic carbocycles. The predicted molar refractivity (Wildman–Crippen MR) is 219 cm³/mol. The van der Waals surface area contributed by atoms with Crippen molar-refractivity contribution in [3.63, 3.8) is 0 Å². The zero-order chi connectivity index (χ0) is 42.1. The number of methoxy groups -OCH3 is 2. The van der Waals surface area contributed by atoms with Gasteiger partial charge in [0.05, 0.1) is 43.5 Å². The quantitative estimate of drug-likeness (QED) is 0.130. The molecule has 314 valence electrons. The Labute approximate surface area is 346 Å². The van der Waals surface area contributed by atoms with E-state index in [1.165, 1.54) is 26.5 Å². The number of H-pyrrole nitrogens is 1. The van der Waals surface area contributed by atoms with Crippen molar-refractivity contribution in [3.05, 3.63) is 102 Å². The first-order valence-corrected chi connectivity index (χ1v) is 20.6. The van der Waals surface area contributed by atoms with E-state index < -0.39 is 29.9 Å². The van der Waals surface area contributed by atoms with Gasteiger partial charge in [-0.3, -0.25) is 24.4 Å². The number of hydrogen-bond acceptors (Lipinski definition) is 8. The number of pyridine rings is 1. The molecule has 2 saturated carbocycles. The number of hydrogen-bond donors (Lipinski definition) is 2. The number of imidazole rings is 1. The number of aliphatic imine (C=N–C) groups is 1. The highest BCUT2D eigenvalue weighted by Gasteiger charge is 2.52. The number of amides is 2. The van der Waals surface area contributed by atoms with Gasteiger partial charge in [0, 0.05) is 56.6 Å². The molecule has 60 heavy (non-hydrogen) atoms. The summed E-state index contributed by atoms with van der Waals surface area (Å²) in [6, 6.07) is 18.7. The molecule has 2 aromatic carbocycles. The van der Waals surface area contributed by atoms with Crippen LogP contribution in [0.3, 0.4) is 0 Å². The van der Waals surface area contributed by atoms with E-state index in [4.69, 9.17) is 14.5 Å². The minimum Gasteiger partial charge on any atom is -0.469 e. The number of alkyl halides is 3. The largest absolute Gasteiger partial charge is 0.469 e. The summed E-state index contributed by atoms with van der Waals surface area (Å²) in [5.41, 5.74) is 6.72. The van der Waals surface area contributed by atoms with Crippen LogP contribution in [0.25, 0.3) is 28.0 Å². The monoisotopic (exact) mass is 822 g/mol. The molecule has 2 N–H and O–H groups in total. The van der Waals surface area contributed by atoms with Gasteiger partial charge in [-0.15, -0.1) is 0 Å². The van der Waals surface area contributed by atoms with E-state index in [0.29, 0.717) is 30.3 Å². The average Bonchev–Trinajstić information content (AvgIpc) is 4.13. The molecule has 2 amide bonds. The van der Waals surface area contributed by atoms with Crippen LogP contribution < -0.4 is 5.32 Å². The molecule has 0 spiro atoms. The zero-order valence-corrected chi connectivity index (χ0v) is 33.9. The molecule has 2 aliphatic heterocycles. The van der Waals surface area contributed by atoms with Crippen LogP contribution in [0.1, 0.15) is 80.6 Å². The lowest BCUT2D eigenvalue weighted by Gasteiger charge is -2.30. The molecule has 8 rings (SSSR count). The van der Waals surface area contributed by atoms with Crippen molar-refractivity contribution < 1.29 is 37.0 Å². The van der Waals surface area contributed by atoms with Crippen LogP contribution in [0.2, 0.25) is 0 Å². The van der Waals surface area contributed by atoms with Gasteiger partial charge in [0.25, 0.3) is 0 Å². The number of halogens is 3. The Morgan fingerprint density at radius 1 is 0.900 bits per heavy atom. The number of nitrogens with one attached hydrogen (secondary N) is 2. The molecule has 14 heteroatoms. The second kappa shape index (κ2) is 17.2. The number of ether oxygens (including phenoxy) is 2. The highest BCUT2D eigenvalue weighted by atomic mass is 19.4. The average molecular weight is 823 g/mol. The van der Waals surface area contributed by atoms with Crippen molar-refractivity contribution in [2.45, 2.75) is 76.7 Å². The van der Waals surface area contributed by atoms with Gasteiger partial charge in [-0.05, 0) is 90.3 Å². The van der Waals surface area contributed by atoms with E-state index in [1.54, 1.807) is 18.0 Å². The Morgan fingerprint density at radius 3 is 2.27 bits per heavy atom. The first-order chi connectivity index (χ1) is 28.9. The normalized spacial score (nSPS) is 23.3. The van der Waals surface area contributed by atoms with Crippen LogP contribution in [0.15, 0.2) is 84.2 Å². The Hall–Kier alpha value is -5.63. The van der Waals surface area contributed by atoms with Crippen LogP contribution in [0, 0.1) is 29.6 Å². The summed E-state index contributed by atoms with van der Waals surface area (Å²) in [5.74, 6) is -0.108. The third-order valence-corrected chi connectivity index (χ3v) is 13.0. The minimum atomic E-state index is -4.51. The van der Waals surface area contributed by atoms with Crippen LogP contribution in [-0.2, 0) is 36.6 Å². The van der Waals surface area contributed by atoms with Crippen molar-refractivity contribution >= 4 is 29.1 Å².